The van der Waals surface area contributed by atoms with Gasteiger partial charge in [0.2, 0.25) is 0 Å². The molecule has 0 aliphatic heterocycles. The number of aliphatic hydroxyl groups is 1. The number of allylic oxidation sites excluding steroid dienone is 4. The van der Waals surface area contributed by atoms with Gasteiger partial charge in [-0.05, 0) is 72.3 Å². The highest BCUT2D eigenvalue weighted by Crippen LogP contribution is 2.63. The van der Waals surface area contributed by atoms with Gasteiger partial charge in [0.25, 0.3) is 0 Å². The molecule has 4 aliphatic rings. The summed E-state index contributed by atoms with van der Waals surface area (Å²) >= 11 is 0. The van der Waals surface area contributed by atoms with Crippen molar-refractivity contribution in [3.63, 3.8) is 0 Å². The summed E-state index contributed by atoms with van der Waals surface area (Å²) in [5.41, 5.74) is 1.57. The summed E-state index contributed by atoms with van der Waals surface area (Å²) in [5, 5.41) is 10.4. The van der Waals surface area contributed by atoms with Crippen LogP contribution in [0.15, 0.2) is 23.8 Å². The average Bonchev–Trinajstić information content (AvgIpc) is 2.76. The van der Waals surface area contributed by atoms with Gasteiger partial charge in [0.1, 0.15) is 0 Å². The Morgan fingerprint density at radius 3 is 2.76 bits per heavy atom. The van der Waals surface area contributed by atoms with Crippen molar-refractivity contribution < 1.29 is 9.90 Å². The van der Waals surface area contributed by atoms with Crippen molar-refractivity contribution in [2.75, 3.05) is 0 Å². The van der Waals surface area contributed by atoms with Crippen LogP contribution >= 0.6 is 0 Å². The van der Waals surface area contributed by atoms with E-state index in [9.17, 15) is 9.90 Å². The maximum absolute atomic E-state index is 11.8. The average molecular weight is 286 g/mol. The van der Waals surface area contributed by atoms with E-state index in [-0.39, 0.29) is 16.9 Å². The minimum absolute atomic E-state index is 0.116. The number of fused-ring (bicyclic) bond motifs is 5. The fraction of sp³-hybridized carbons (Fsp3) is 0.737. The largest absolute Gasteiger partial charge is 0.393 e. The van der Waals surface area contributed by atoms with Gasteiger partial charge in [-0.3, -0.25) is 4.79 Å². The fourth-order valence-corrected chi connectivity index (χ4v) is 5.97. The summed E-state index contributed by atoms with van der Waals surface area (Å²) < 4.78 is 0. The molecule has 6 atom stereocenters. The molecule has 0 saturated heterocycles. The first-order valence-electron chi connectivity index (χ1n) is 8.56. The molecule has 0 aromatic carbocycles. The lowest BCUT2D eigenvalue weighted by Crippen LogP contribution is -2.49. The Kier molecular flexibility index (Phi) is 2.83. The van der Waals surface area contributed by atoms with Crippen LogP contribution in [0.3, 0.4) is 0 Å². The Balaban J connectivity index is 1.75. The molecule has 2 saturated carbocycles. The standard InChI is InChI=1S/C19H26O2/c1-18-9-7-13(20)11-12(18)3-4-14-15-5-6-17(21)19(15,2)10-8-16(14)18/h3-4,11,14-17,21H,5-10H2,1-2H3/t14-,15-,16+,17-,18+,19-/m0/s1. The smallest absolute Gasteiger partial charge is 0.156 e. The normalized spacial score (nSPS) is 52.0. The topological polar surface area (TPSA) is 37.3 Å². The highest BCUT2D eigenvalue weighted by atomic mass is 16.3. The molecule has 0 unspecified atom stereocenters. The third-order valence-electron chi connectivity index (χ3n) is 7.47. The maximum atomic E-state index is 11.8. The van der Waals surface area contributed by atoms with Crippen LogP contribution in [0.1, 0.15) is 52.4 Å². The van der Waals surface area contributed by atoms with Gasteiger partial charge >= 0.3 is 0 Å². The molecule has 1 N–H and O–H groups in total. The second-order valence-corrected chi connectivity index (χ2v) is 8.27. The summed E-state index contributed by atoms with van der Waals surface area (Å²) in [7, 11) is 0. The molecule has 2 nitrogen and oxygen atoms in total. The van der Waals surface area contributed by atoms with E-state index >= 15 is 0 Å². The number of hydrogen-bond donors (Lipinski definition) is 1. The van der Waals surface area contributed by atoms with Crippen molar-refractivity contribution in [1.82, 2.24) is 0 Å². The summed E-state index contributed by atoms with van der Waals surface area (Å²) in [6.45, 7) is 4.68. The second-order valence-electron chi connectivity index (χ2n) is 8.27. The predicted octanol–water partition coefficient (Wildman–Crippen LogP) is 3.66. The van der Waals surface area contributed by atoms with Crippen molar-refractivity contribution in [2.45, 2.75) is 58.5 Å². The van der Waals surface area contributed by atoms with Gasteiger partial charge in [-0.15, -0.1) is 0 Å². The molecule has 0 bridgehead atoms. The van der Waals surface area contributed by atoms with Crippen molar-refractivity contribution in [3.05, 3.63) is 23.8 Å². The molecular weight excluding hydrogens is 260 g/mol. The van der Waals surface area contributed by atoms with E-state index < -0.39 is 0 Å². The van der Waals surface area contributed by atoms with Crippen molar-refractivity contribution >= 4 is 5.78 Å². The molecule has 0 radical (unpaired) electrons. The SMILES string of the molecule is C[C@]12CC[C@@H]3[C@@H](C=CC4=CC(=O)CC[C@]43C)[C@@H]1CC[C@@H]2O. The van der Waals surface area contributed by atoms with Crippen molar-refractivity contribution in [2.24, 2.45) is 28.6 Å². The third kappa shape index (κ3) is 1.72. The zero-order valence-corrected chi connectivity index (χ0v) is 13.1. The van der Waals surface area contributed by atoms with E-state index in [0.717, 1.165) is 25.7 Å². The van der Waals surface area contributed by atoms with Gasteiger partial charge in [-0.25, -0.2) is 0 Å². The Morgan fingerprint density at radius 2 is 1.95 bits per heavy atom. The number of rotatable bonds is 0. The predicted molar refractivity (Wildman–Crippen MR) is 82.6 cm³/mol. The number of ketones is 1. The molecule has 0 aromatic rings. The van der Waals surface area contributed by atoms with Crippen molar-refractivity contribution in [3.8, 4) is 0 Å². The lowest BCUT2D eigenvalue weighted by atomic mass is 9.49. The molecule has 4 aliphatic carbocycles. The van der Waals surface area contributed by atoms with Gasteiger partial charge in [-0.1, -0.05) is 26.0 Å². The lowest BCUT2D eigenvalue weighted by molar-refractivity contribution is -0.116. The molecule has 0 heterocycles. The van der Waals surface area contributed by atoms with E-state index in [0.29, 0.717) is 30.0 Å². The Labute approximate surface area is 127 Å². The summed E-state index contributed by atoms with van der Waals surface area (Å²) in [4.78, 5) is 11.8. The number of carbonyl (C=O) groups is 1. The number of carbonyl (C=O) groups excluding carboxylic acids is 1. The lowest BCUT2D eigenvalue weighted by Gasteiger charge is -2.55. The zero-order chi connectivity index (χ0) is 14.8. The molecular formula is C19H26O2. The van der Waals surface area contributed by atoms with E-state index in [1.807, 2.05) is 6.08 Å². The van der Waals surface area contributed by atoms with Gasteiger partial charge in [-0.2, -0.15) is 0 Å². The molecule has 2 fully saturated rings. The molecule has 0 amide bonds. The number of hydrogen-bond acceptors (Lipinski definition) is 2. The van der Waals surface area contributed by atoms with E-state index in [2.05, 4.69) is 26.0 Å². The van der Waals surface area contributed by atoms with Crippen LogP contribution in [-0.2, 0) is 4.79 Å². The minimum Gasteiger partial charge on any atom is -0.393 e. The molecule has 0 spiro atoms. The maximum Gasteiger partial charge on any atom is 0.156 e. The van der Waals surface area contributed by atoms with Crippen LogP contribution < -0.4 is 0 Å². The molecule has 2 heteroatoms. The van der Waals surface area contributed by atoms with Crippen molar-refractivity contribution in [1.29, 1.82) is 0 Å². The third-order valence-corrected chi connectivity index (χ3v) is 7.47. The first-order valence-corrected chi connectivity index (χ1v) is 8.56. The summed E-state index contributed by atoms with van der Waals surface area (Å²) in [6, 6.07) is 0. The fourth-order valence-electron chi connectivity index (χ4n) is 5.97. The Hall–Kier alpha value is -0.890. The van der Waals surface area contributed by atoms with E-state index in [1.54, 1.807) is 0 Å². The first kappa shape index (κ1) is 13.8. The molecule has 4 rings (SSSR count). The minimum atomic E-state index is -0.116. The van der Waals surface area contributed by atoms with E-state index in [1.165, 1.54) is 12.0 Å². The Bertz CT molecular complexity index is 546. The van der Waals surface area contributed by atoms with E-state index in [4.69, 9.17) is 0 Å². The van der Waals surface area contributed by atoms with Gasteiger partial charge in [0, 0.05) is 6.42 Å². The van der Waals surface area contributed by atoms with Crippen LogP contribution in [0.2, 0.25) is 0 Å². The van der Waals surface area contributed by atoms with Crippen LogP contribution in [0.4, 0.5) is 0 Å². The van der Waals surface area contributed by atoms with Gasteiger partial charge < -0.3 is 5.11 Å². The van der Waals surface area contributed by atoms with Crippen LogP contribution in [-0.4, -0.2) is 17.0 Å². The van der Waals surface area contributed by atoms with Gasteiger partial charge in [0.15, 0.2) is 5.78 Å². The molecule has 114 valence electrons. The first-order chi connectivity index (χ1) is 9.95. The molecule has 21 heavy (non-hydrogen) atoms. The Morgan fingerprint density at radius 1 is 1.14 bits per heavy atom. The van der Waals surface area contributed by atoms with Crippen LogP contribution in [0, 0.1) is 28.6 Å². The van der Waals surface area contributed by atoms with Gasteiger partial charge in [0.05, 0.1) is 6.10 Å². The number of aliphatic hydroxyl groups excluding tert-OH is 1. The second kappa shape index (κ2) is 4.32. The quantitative estimate of drug-likeness (QED) is 0.738. The monoisotopic (exact) mass is 286 g/mol. The highest BCUT2D eigenvalue weighted by Gasteiger charge is 2.57. The summed E-state index contributed by atoms with van der Waals surface area (Å²) in [5.74, 6) is 2.17. The van der Waals surface area contributed by atoms with Crippen LogP contribution in [0.25, 0.3) is 0 Å². The van der Waals surface area contributed by atoms with Crippen LogP contribution in [0.5, 0.6) is 0 Å². The highest BCUT2D eigenvalue weighted by molar-refractivity contribution is 5.92. The summed E-state index contributed by atoms with van der Waals surface area (Å²) in [6.07, 6.45) is 12.6. The molecule has 0 aromatic heterocycles. The zero-order valence-electron chi connectivity index (χ0n) is 13.1.